The Morgan fingerprint density at radius 1 is 1.15 bits per heavy atom. The van der Waals surface area contributed by atoms with Gasteiger partial charge >= 0.3 is 0 Å². The molecule has 172 valence electrons. The first-order valence-electron chi connectivity index (χ1n) is 11.5. The standard InChI is InChI=1S/C23H29N8O2/c1-17(24-8-12-31-13-9-29(10-14-31)11-15-31)18-2-4-19(5-3-18)27-28-23-25-21-7-6-20(30(32)33)16-22(21)26-23/h2-7,16-17,24H,8-15H2,1H3,(H,25,26)/q+1. The number of nitrogens with zero attached hydrogens (tertiary/aromatic N) is 6. The summed E-state index contributed by atoms with van der Waals surface area (Å²) in [7, 11) is 0. The Morgan fingerprint density at radius 3 is 2.58 bits per heavy atom. The summed E-state index contributed by atoms with van der Waals surface area (Å²) in [5.74, 6) is 0.315. The molecule has 2 aromatic carbocycles. The zero-order valence-electron chi connectivity index (χ0n) is 18.8. The van der Waals surface area contributed by atoms with Crippen molar-refractivity contribution in [2.45, 2.75) is 13.0 Å². The first-order chi connectivity index (χ1) is 16.0. The fourth-order valence-electron chi connectivity index (χ4n) is 4.78. The highest BCUT2D eigenvalue weighted by Gasteiger charge is 2.37. The lowest BCUT2D eigenvalue weighted by Gasteiger charge is -2.50. The molecule has 1 aromatic heterocycles. The average molecular weight is 450 g/mol. The molecule has 10 nitrogen and oxygen atoms in total. The number of H-pyrrole nitrogens is 1. The highest BCUT2D eigenvalue weighted by molar-refractivity contribution is 5.79. The van der Waals surface area contributed by atoms with Crippen molar-refractivity contribution in [2.75, 3.05) is 52.4 Å². The predicted molar refractivity (Wildman–Crippen MR) is 126 cm³/mol. The largest absolute Gasteiger partial charge is 0.321 e. The highest BCUT2D eigenvalue weighted by atomic mass is 16.6. The van der Waals surface area contributed by atoms with Crippen LogP contribution in [0.2, 0.25) is 0 Å². The number of rotatable bonds is 8. The number of aromatic amines is 1. The molecule has 3 saturated heterocycles. The van der Waals surface area contributed by atoms with Crippen molar-refractivity contribution in [1.82, 2.24) is 20.2 Å². The number of hydrogen-bond donors (Lipinski definition) is 2. The molecule has 0 spiro atoms. The van der Waals surface area contributed by atoms with Gasteiger partial charge in [0.15, 0.2) is 0 Å². The summed E-state index contributed by atoms with van der Waals surface area (Å²) in [4.78, 5) is 20.3. The second kappa shape index (κ2) is 8.97. The summed E-state index contributed by atoms with van der Waals surface area (Å²) in [6.45, 7) is 12.0. The van der Waals surface area contributed by atoms with E-state index in [1.165, 1.54) is 68.0 Å². The van der Waals surface area contributed by atoms with Crippen LogP contribution < -0.4 is 5.32 Å². The molecule has 2 bridgehead atoms. The number of nitro groups is 1. The van der Waals surface area contributed by atoms with Crippen molar-refractivity contribution in [1.29, 1.82) is 0 Å². The van der Waals surface area contributed by atoms with Crippen LogP contribution in [0.5, 0.6) is 0 Å². The van der Waals surface area contributed by atoms with Crippen LogP contribution in [0.4, 0.5) is 17.3 Å². The van der Waals surface area contributed by atoms with Crippen LogP contribution in [0.15, 0.2) is 52.7 Å². The minimum Gasteiger partial charge on any atom is -0.321 e. The average Bonchev–Trinajstić information content (AvgIpc) is 3.26. The minimum atomic E-state index is -0.441. The van der Waals surface area contributed by atoms with Crippen LogP contribution in [-0.4, -0.2) is 76.6 Å². The van der Waals surface area contributed by atoms with Crippen molar-refractivity contribution < 1.29 is 9.41 Å². The molecular weight excluding hydrogens is 420 g/mol. The number of fused-ring (bicyclic) bond motifs is 4. The van der Waals surface area contributed by atoms with E-state index in [0.717, 1.165) is 12.2 Å². The number of piperazine rings is 3. The lowest BCUT2D eigenvalue weighted by molar-refractivity contribution is -0.939. The molecule has 1 unspecified atom stereocenters. The van der Waals surface area contributed by atoms with Gasteiger partial charge in [0, 0.05) is 44.4 Å². The van der Waals surface area contributed by atoms with Gasteiger partial charge in [0.1, 0.15) is 0 Å². The molecule has 3 aliphatic heterocycles. The quantitative estimate of drug-likeness (QED) is 0.236. The number of imidazole rings is 1. The van der Waals surface area contributed by atoms with E-state index in [1.807, 2.05) is 12.1 Å². The highest BCUT2D eigenvalue weighted by Crippen LogP contribution is 2.24. The lowest BCUT2D eigenvalue weighted by Crippen LogP contribution is -2.68. The van der Waals surface area contributed by atoms with E-state index in [2.05, 4.69) is 49.5 Å². The third kappa shape index (κ3) is 4.77. The Labute approximate surface area is 192 Å². The summed E-state index contributed by atoms with van der Waals surface area (Å²) in [6, 6.07) is 12.8. The Balaban J connectivity index is 1.16. The van der Waals surface area contributed by atoms with Crippen LogP contribution in [0.25, 0.3) is 11.0 Å². The maximum atomic E-state index is 10.9. The molecule has 0 radical (unpaired) electrons. The summed E-state index contributed by atoms with van der Waals surface area (Å²) < 4.78 is 1.27. The fraction of sp³-hybridized carbons (Fsp3) is 0.435. The molecule has 2 N–H and O–H groups in total. The molecule has 3 aromatic rings. The second-order valence-corrected chi connectivity index (χ2v) is 9.06. The zero-order chi connectivity index (χ0) is 22.8. The lowest BCUT2D eigenvalue weighted by atomic mass is 10.1. The van der Waals surface area contributed by atoms with Crippen LogP contribution in [0.1, 0.15) is 18.5 Å². The third-order valence-corrected chi connectivity index (χ3v) is 7.03. The smallest absolute Gasteiger partial charge is 0.271 e. The number of nitrogens with one attached hydrogen (secondary N) is 2. The summed E-state index contributed by atoms with van der Waals surface area (Å²) >= 11 is 0. The molecule has 33 heavy (non-hydrogen) atoms. The van der Waals surface area contributed by atoms with Gasteiger partial charge in [-0.15, -0.1) is 10.2 Å². The van der Waals surface area contributed by atoms with Gasteiger partial charge in [-0.1, -0.05) is 12.1 Å². The van der Waals surface area contributed by atoms with E-state index in [4.69, 9.17) is 0 Å². The van der Waals surface area contributed by atoms with Crippen LogP contribution in [0, 0.1) is 10.1 Å². The second-order valence-electron chi connectivity index (χ2n) is 9.06. The third-order valence-electron chi connectivity index (χ3n) is 7.03. The van der Waals surface area contributed by atoms with E-state index in [9.17, 15) is 10.1 Å². The number of quaternary nitrogens is 1. The van der Waals surface area contributed by atoms with Gasteiger partial charge in [0.2, 0.25) is 5.95 Å². The Hall–Kier alpha value is -3.21. The van der Waals surface area contributed by atoms with E-state index in [1.54, 1.807) is 6.07 Å². The van der Waals surface area contributed by atoms with Crippen LogP contribution in [0.3, 0.4) is 0 Å². The van der Waals surface area contributed by atoms with E-state index < -0.39 is 4.92 Å². The van der Waals surface area contributed by atoms with Gasteiger partial charge in [0.25, 0.3) is 5.69 Å². The molecule has 1 atom stereocenters. The minimum absolute atomic E-state index is 0.00136. The number of non-ortho nitro benzene ring substituents is 1. The summed E-state index contributed by atoms with van der Waals surface area (Å²) in [5, 5.41) is 23.0. The SMILES string of the molecule is CC(NCC[N+]12CCN(CC1)CC2)c1ccc(N=Nc2nc3cc([N+](=O)[O-])ccc3[nH]2)cc1. The molecule has 0 aliphatic carbocycles. The van der Waals surface area contributed by atoms with Gasteiger partial charge in [-0.25, -0.2) is 4.98 Å². The van der Waals surface area contributed by atoms with Gasteiger partial charge < -0.3 is 14.8 Å². The molecule has 0 amide bonds. The van der Waals surface area contributed by atoms with E-state index in [0.29, 0.717) is 17.0 Å². The first-order valence-corrected chi connectivity index (χ1v) is 11.5. The fourth-order valence-corrected chi connectivity index (χ4v) is 4.78. The van der Waals surface area contributed by atoms with Crippen molar-refractivity contribution in [3.8, 4) is 0 Å². The van der Waals surface area contributed by atoms with Crippen molar-refractivity contribution >= 4 is 28.4 Å². The van der Waals surface area contributed by atoms with Gasteiger partial charge in [0.05, 0.1) is 47.8 Å². The molecule has 0 saturated carbocycles. The topological polar surface area (TPSA) is 112 Å². The Morgan fingerprint density at radius 2 is 1.88 bits per heavy atom. The van der Waals surface area contributed by atoms with Crippen LogP contribution in [-0.2, 0) is 0 Å². The summed E-state index contributed by atoms with van der Waals surface area (Å²) in [5.41, 5.74) is 3.11. The van der Waals surface area contributed by atoms with E-state index >= 15 is 0 Å². The van der Waals surface area contributed by atoms with Crippen molar-refractivity contribution in [3.05, 3.63) is 58.1 Å². The number of aromatic nitrogens is 2. The molecule has 3 aliphatic rings. The Kier molecular flexibility index (Phi) is 5.88. The molecule has 10 heteroatoms. The van der Waals surface area contributed by atoms with Crippen LogP contribution >= 0.6 is 0 Å². The molecule has 3 fully saturated rings. The number of hydrogen-bond acceptors (Lipinski definition) is 7. The maximum absolute atomic E-state index is 10.9. The van der Waals surface area contributed by atoms with Crippen molar-refractivity contribution in [3.63, 3.8) is 0 Å². The van der Waals surface area contributed by atoms with Gasteiger partial charge in [-0.3, -0.25) is 15.0 Å². The molecule has 6 rings (SSSR count). The number of azo groups is 1. The van der Waals surface area contributed by atoms with E-state index in [-0.39, 0.29) is 11.7 Å². The molecule has 4 heterocycles. The zero-order valence-corrected chi connectivity index (χ0v) is 18.8. The van der Waals surface area contributed by atoms with Gasteiger partial charge in [-0.05, 0) is 30.7 Å². The monoisotopic (exact) mass is 449 g/mol. The summed E-state index contributed by atoms with van der Waals surface area (Å²) in [6.07, 6.45) is 0. The van der Waals surface area contributed by atoms with Gasteiger partial charge in [-0.2, -0.15) is 0 Å². The number of benzene rings is 2. The van der Waals surface area contributed by atoms with Crippen molar-refractivity contribution in [2.24, 2.45) is 10.2 Å². The molecular formula is C23H29N8O2+. The predicted octanol–water partition coefficient (Wildman–Crippen LogP) is 3.68. The Bertz CT molecular complexity index is 1150. The number of nitro benzene ring substituents is 1. The maximum Gasteiger partial charge on any atom is 0.271 e. The first kappa shape index (κ1) is 21.6. The normalized spacial score (nSPS) is 23.4.